The van der Waals surface area contributed by atoms with Crippen LogP contribution in [0.25, 0.3) is 0 Å². The Hall–Kier alpha value is -0.0400. The van der Waals surface area contributed by atoms with Gasteiger partial charge in [-0.05, 0) is 51.0 Å². The first-order valence-corrected chi connectivity index (χ1v) is 7.20. The van der Waals surface area contributed by atoms with Crippen LogP contribution in [0.3, 0.4) is 0 Å². The third kappa shape index (κ3) is 3.23. The molecular weight excluding hydrogens is 194 g/mol. The number of hydrogen-bond acceptors (Lipinski definition) is 1. The monoisotopic (exact) mass is 225 g/mol. The summed E-state index contributed by atoms with van der Waals surface area (Å²) in [5.41, 5.74) is 0. The molecule has 2 unspecified atom stereocenters. The molecule has 0 radical (unpaired) electrons. The summed E-state index contributed by atoms with van der Waals surface area (Å²) in [7, 11) is 0. The van der Waals surface area contributed by atoms with Gasteiger partial charge in [-0.25, -0.2) is 0 Å². The average Bonchev–Trinajstić information content (AvgIpc) is 2.38. The van der Waals surface area contributed by atoms with Gasteiger partial charge in [-0.3, -0.25) is 4.90 Å². The molecule has 1 heteroatoms. The molecule has 1 nitrogen and oxygen atoms in total. The van der Waals surface area contributed by atoms with Crippen LogP contribution in [0, 0.1) is 17.8 Å². The number of likely N-dealkylation sites (tertiary alicyclic amines) is 1. The summed E-state index contributed by atoms with van der Waals surface area (Å²) >= 11 is 0. The van der Waals surface area contributed by atoms with Crippen molar-refractivity contribution in [3.8, 4) is 0 Å². The fourth-order valence-electron chi connectivity index (χ4n) is 3.45. The second-order valence-electron chi connectivity index (χ2n) is 6.47. The Labute approximate surface area is 103 Å². The zero-order valence-electron chi connectivity index (χ0n) is 12.2. The maximum absolute atomic E-state index is 2.77. The third-order valence-electron chi connectivity index (χ3n) is 4.23. The molecule has 1 fully saturated rings. The predicted molar refractivity (Wildman–Crippen MR) is 72.6 cm³/mol. The first-order chi connectivity index (χ1) is 7.45. The molecule has 1 rings (SSSR count). The van der Waals surface area contributed by atoms with E-state index in [9.17, 15) is 0 Å². The molecule has 0 aromatic carbocycles. The average molecular weight is 225 g/mol. The van der Waals surface area contributed by atoms with Crippen molar-refractivity contribution in [2.24, 2.45) is 17.8 Å². The van der Waals surface area contributed by atoms with E-state index >= 15 is 0 Å². The number of hydrogen-bond donors (Lipinski definition) is 0. The first kappa shape index (κ1) is 14.0. The standard InChI is InChI=1S/C15H31N/c1-11(2)14-9-7-8-10-16(13(5)6)15(14)12(3)4/h11-15H,7-10H2,1-6H3. The van der Waals surface area contributed by atoms with Crippen molar-refractivity contribution in [2.45, 2.75) is 72.9 Å². The largest absolute Gasteiger partial charge is 0.297 e. The fourth-order valence-corrected chi connectivity index (χ4v) is 3.45. The van der Waals surface area contributed by atoms with Crippen molar-refractivity contribution >= 4 is 0 Å². The second kappa shape index (κ2) is 6.05. The Balaban J connectivity index is 2.89. The van der Waals surface area contributed by atoms with E-state index in [0.29, 0.717) is 6.04 Å². The lowest BCUT2D eigenvalue weighted by Gasteiger charge is -2.42. The maximum atomic E-state index is 2.77. The molecular formula is C15H31N. The van der Waals surface area contributed by atoms with Crippen molar-refractivity contribution in [3.63, 3.8) is 0 Å². The summed E-state index contributed by atoms with van der Waals surface area (Å²) in [6.07, 6.45) is 4.25. The van der Waals surface area contributed by atoms with Gasteiger partial charge in [0.2, 0.25) is 0 Å². The molecule has 0 amide bonds. The molecule has 0 aliphatic carbocycles. The minimum Gasteiger partial charge on any atom is -0.297 e. The van der Waals surface area contributed by atoms with Crippen LogP contribution >= 0.6 is 0 Å². The molecule has 1 saturated heterocycles. The predicted octanol–water partition coefficient (Wildman–Crippen LogP) is 4.18. The maximum Gasteiger partial charge on any atom is 0.0152 e. The lowest BCUT2D eigenvalue weighted by Crippen LogP contribution is -2.48. The van der Waals surface area contributed by atoms with Gasteiger partial charge < -0.3 is 0 Å². The van der Waals surface area contributed by atoms with Crippen LogP contribution in [0.1, 0.15) is 60.8 Å². The van der Waals surface area contributed by atoms with Crippen molar-refractivity contribution in [3.05, 3.63) is 0 Å². The Morgan fingerprint density at radius 3 is 1.94 bits per heavy atom. The first-order valence-electron chi connectivity index (χ1n) is 7.20. The van der Waals surface area contributed by atoms with Gasteiger partial charge in [0, 0.05) is 12.1 Å². The summed E-state index contributed by atoms with van der Waals surface area (Å²) in [4.78, 5) is 2.77. The Morgan fingerprint density at radius 1 is 0.875 bits per heavy atom. The SMILES string of the molecule is CC(C)C1CCCCN(C(C)C)C1C(C)C. The normalized spacial score (nSPS) is 29.1. The lowest BCUT2D eigenvalue weighted by molar-refractivity contribution is 0.0646. The molecule has 0 saturated carbocycles. The highest BCUT2D eigenvalue weighted by atomic mass is 15.2. The van der Waals surface area contributed by atoms with E-state index in [0.717, 1.165) is 23.8 Å². The Morgan fingerprint density at radius 2 is 1.50 bits per heavy atom. The van der Waals surface area contributed by atoms with E-state index in [1.165, 1.54) is 25.8 Å². The molecule has 1 aliphatic rings. The minimum atomic E-state index is 0.701. The zero-order valence-corrected chi connectivity index (χ0v) is 12.2. The van der Waals surface area contributed by atoms with Crippen molar-refractivity contribution in [1.29, 1.82) is 0 Å². The van der Waals surface area contributed by atoms with E-state index in [1.807, 2.05) is 0 Å². The van der Waals surface area contributed by atoms with Crippen LogP contribution in [0.4, 0.5) is 0 Å². The number of nitrogens with zero attached hydrogens (tertiary/aromatic N) is 1. The highest BCUT2D eigenvalue weighted by molar-refractivity contribution is 4.87. The van der Waals surface area contributed by atoms with Crippen LogP contribution < -0.4 is 0 Å². The van der Waals surface area contributed by atoms with E-state index in [2.05, 4.69) is 46.4 Å². The Kier molecular flexibility index (Phi) is 5.30. The van der Waals surface area contributed by atoms with Gasteiger partial charge >= 0.3 is 0 Å². The second-order valence-corrected chi connectivity index (χ2v) is 6.47. The molecule has 0 N–H and O–H groups in total. The van der Waals surface area contributed by atoms with E-state index in [1.54, 1.807) is 0 Å². The van der Waals surface area contributed by atoms with Crippen molar-refractivity contribution in [1.82, 2.24) is 4.90 Å². The molecule has 1 aliphatic heterocycles. The van der Waals surface area contributed by atoms with Gasteiger partial charge in [0.05, 0.1) is 0 Å². The molecule has 0 aromatic rings. The summed E-state index contributed by atoms with van der Waals surface area (Å²) in [6, 6.07) is 1.49. The highest BCUT2D eigenvalue weighted by Crippen LogP contribution is 2.34. The summed E-state index contributed by atoms with van der Waals surface area (Å²) in [6.45, 7) is 15.6. The van der Waals surface area contributed by atoms with Crippen molar-refractivity contribution < 1.29 is 0 Å². The summed E-state index contributed by atoms with van der Waals surface area (Å²) in [5, 5.41) is 0. The van der Waals surface area contributed by atoms with Gasteiger partial charge in [0.15, 0.2) is 0 Å². The summed E-state index contributed by atoms with van der Waals surface area (Å²) < 4.78 is 0. The van der Waals surface area contributed by atoms with Crippen LogP contribution in [0.2, 0.25) is 0 Å². The van der Waals surface area contributed by atoms with Gasteiger partial charge in [-0.2, -0.15) is 0 Å². The molecule has 1 heterocycles. The molecule has 0 bridgehead atoms. The molecule has 2 atom stereocenters. The van der Waals surface area contributed by atoms with E-state index in [-0.39, 0.29) is 0 Å². The number of rotatable bonds is 3. The molecule has 16 heavy (non-hydrogen) atoms. The van der Waals surface area contributed by atoms with Crippen LogP contribution in [-0.2, 0) is 0 Å². The minimum absolute atomic E-state index is 0.701. The lowest BCUT2D eigenvalue weighted by atomic mass is 9.79. The van der Waals surface area contributed by atoms with Gasteiger partial charge in [-0.1, -0.05) is 34.1 Å². The molecule has 96 valence electrons. The van der Waals surface area contributed by atoms with Gasteiger partial charge in [0.25, 0.3) is 0 Å². The van der Waals surface area contributed by atoms with E-state index < -0.39 is 0 Å². The van der Waals surface area contributed by atoms with Crippen LogP contribution in [0.15, 0.2) is 0 Å². The quantitative estimate of drug-likeness (QED) is 0.696. The van der Waals surface area contributed by atoms with Gasteiger partial charge in [0.1, 0.15) is 0 Å². The van der Waals surface area contributed by atoms with Crippen LogP contribution in [0.5, 0.6) is 0 Å². The van der Waals surface area contributed by atoms with Crippen LogP contribution in [-0.4, -0.2) is 23.5 Å². The Bertz CT molecular complexity index is 178. The molecule has 0 spiro atoms. The third-order valence-corrected chi connectivity index (χ3v) is 4.23. The van der Waals surface area contributed by atoms with Crippen molar-refractivity contribution in [2.75, 3.05) is 6.54 Å². The van der Waals surface area contributed by atoms with Gasteiger partial charge in [-0.15, -0.1) is 0 Å². The zero-order chi connectivity index (χ0) is 12.3. The summed E-state index contributed by atoms with van der Waals surface area (Å²) in [5.74, 6) is 2.50. The van der Waals surface area contributed by atoms with E-state index in [4.69, 9.17) is 0 Å². The molecule has 0 aromatic heterocycles. The fraction of sp³-hybridized carbons (Fsp3) is 1.00. The topological polar surface area (TPSA) is 3.24 Å². The smallest absolute Gasteiger partial charge is 0.0152 e. The highest BCUT2D eigenvalue weighted by Gasteiger charge is 2.34.